The van der Waals surface area contributed by atoms with Crippen molar-refractivity contribution in [2.75, 3.05) is 26.9 Å². The summed E-state index contributed by atoms with van der Waals surface area (Å²) < 4.78 is 33.2. The molecule has 0 aromatic heterocycles. The van der Waals surface area contributed by atoms with E-state index in [1.165, 1.54) is 7.11 Å². The van der Waals surface area contributed by atoms with Crippen molar-refractivity contribution in [3.05, 3.63) is 0 Å². The zero-order chi connectivity index (χ0) is 30.6. The van der Waals surface area contributed by atoms with E-state index in [1.54, 1.807) is 0 Å². The van der Waals surface area contributed by atoms with Crippen LogP contribution < -0.4 is 10.6 Å². The van der Waals surface area contributed by atoms with Gasteiger partial charge in [0.25, 0.3) is 0 Å². The summed E-state index contributed by atoms with van der Waals surface area (Å²) in [6, 6.07) is -2.83. The predicted molar refractivity (Wildman–Crippen MR) is 129 cm³/mol. The first-order valence-electron chi connectivity index (χ1n) is 13.0. The Hall–Kier alpha value is -1.62. The number of hydrogen-bond donors (Lipinski definition) is 10. The largest absolute Gasteiger partial charge is 0.394 e. The molecule has 3 aliphatic rings. The number of amides is 2. The van der Waals surface area contributed by atoms with Crippen LogP contribution in [0.5, 0.6) is 0 Å². The number of hydrogen-bond acceptors (Lipinski definition) is 16. The minimum absolute atomic E-state index is 0.613. The van der Waals surface area contributed by atoms with Gasteiger partial charge in [0.2, 0.25) is 11.8 Å². The molecular weight excluding hydrogens is 560 g/mol. The van der Waals surface area contributed by atoms with Crippen LogP contribution in [0, 0.1) is 0 Å². The first-order chi connectivity index (χ1) is 19.4. The van der Waals surface area contributed by atoms with Crippen LogP contribution in [0.1, 0.15) is 13.8 Å². The number of rotatable bonds is 10. The predicted octanol–water partition coefficient (Wildman–Crippen LogP) is -6.63. The third-order valence-electron chi connectivity index (χ3n) is 7.14. The van der Waals surface area contributed by atoms with Gasteiger partial charge < -0.3 is 79.9 Å². The van der Waals surface area contributed by atoms with Gasteiger partial charge in [-0.1, -0.05) is 0 Å². The average molecular weight is 601 g/mol. The minimum Gasteiger partial charge on any atom is -0.394 e. The van der Waals surface area contributed by atoms with Gasteiger partial charge in [0.15, 0.2) is 18.9 Å². The van der Waals surface area contributed by atoms with E-state index in [0.717, 1.165) is 13.8 Å². The first-order valence-corrected chi connectivity index (χ1v) is 13.0. The standard InChI is InChI=1S/C23H40N2O16/c1-7(29)24-12-15(32)18(10(5-27)37-21(12)35)40-22-13(25-8(2)30)16(33)19(11(6-28)39-22)41-23-17(34)20(36-3)14(31)9(4-26)38-23/h9-23,26-28,31-35H,4-6H2,1-3H3,(H,24,29)(H,25,30)/t9-,10-,11-,12-,13-,14-,15-,16-,17+,18-,19-,20+,21-,22+,23+/m1/s1. The molecule has 3 rings (SSSR count). The summed E-state index contributed by atoms with van der Waals surface area (Å²) in [4.78, 5) is 23.6. The number of carbonyl (C=O) groups is 2. The van der Waals surface area contributed by atoms with Crippen molar-refractivity contribution < 1.29 is 78.9 Å². The van der Waals surface area contributed by atoms with Gasteiger partial charge in [-0.05, 0) is 0 Å². The Bertz CT molecular complexity index is 870. The molecule has 2 amide bonds. The third-order valence-corrected chi connectivity index (χ3v) is 7.14. The maximum absolute atomic E-state index is 12.0. The van der Waals surface area contributed by atoms with Crippen LogP contribution in [-0.4, -0.2) is 172 Å². The van der Waals surface area contributed by atoms with E-state index in [4.69, 9.17) is 28.4 Å². The fraction of sp³-hybridized carbons (Fsp3) is 0.913. The van der Waals surface area contributed by atoms with Crippen molar-refractivity contribution in [1.82, 2.24) is 10.6 Å². The SMILES string of the molecule is CO[C@@H]1[C@H](O)[C@H](O[C@H]2[C@H](O)[C@@H](NC(C)=O)[C@H](O[C@H]3[C@H](O)[C@@H](NC(C)=O)[C@H](O)O[C@@H]3CO)O[C@@H]2CO)O[C@H](CO)[C@H]1O. The van der Waals surface area contributed by atoms with E-state index < -0.39 is 124 Å². The highest BCUT2D eigenvalue weighted by Gasteiger charge is 2.54. The zero-order valence-electron chi connectivity index (χ0n) is 22.6. The van der Waals surface area contributed by atoms with Gasteiger partial charge in [-0.2, -0.15) is 0 Å². The van der Waals surface area contributed by atoms with Crippen molar-refractivity contribution in [2.45, 2.75) is 106 Å². The first kappa shape index (κ1) is 33.9. The van der Waals surface area contributed by atoms with E-state index in [0.29, 0.717) is 0 Å². The van der Waals surface area contributed by atoms with Gasteiger partial charge in [-0.25, -0.2) is 0 Å². The molecule has 0 bridgehead atoms. The molecule has 3 aliphatic heterocycles. The third kappa shape index (κ3) is 7.48. The highest BCUT2D eigenvalue weighted by atomic mass is 16.7. The Morgan fingerprint density at radius 2 is 1.10 bits per heavy atom. The molecule has 0 aromatic rings. The second-order valence-corrected chi connectivity index (χ2v) is 10.0. The molecule has 3 fully saturated rings. The van der Waals surface area contributed by atoms with Gasteiger partial charge in [0.1, 0.15) is 73.1 Å². The molecule has 0 unspecified atom stereocenters. The maximum Gasteiger partial charge on any atom is 0.217 e. The summed E-state index contributed by atoms with van der Waals surface area (Å²) in [6.45, 7) is 0.0450. The van der Waals surface area contributed by atoms with Gasteiger partial charge in [-0.15, -0.1) is 0 Å². The summed E-state index contributed by atoms with van der Waals surface area (Å²) in [5, 5.41) is 87.4. The number of methoxy groups -OCH3 is 1. The Morgan fingerprint density at radius 3 is 1.61 bits per heavy atom. The molecule has 3 saturated heterocycles. The lowest BCUT2D eigenvalue weighted by Crippen LogP contribution is -2.70. The molecule has 15 atom stereocenters. The monoisotopic (exact) mass is 600 g/mol. The highest BCUT2D eigenvalue weighted by Crippen LogP contribution is 2.32. The van der Waals surface area contributed by atoms with Crippen LogP contribution in [0.4, 0.5) is 0 Å². The van der Waals surface area contributed by atoms with E-state index >= 15 is 0 Å². The van der Waals surface area contributed by atoms with E-state index in [-0.39, 0.29) is 0 Å². The molecule has 18 nitrogen and oxygen atoms in total. The molecule has 3 heterocycles. The van der Waals surface area contributed by atoms with Crippen LogP contribution in [-0.2, 0) is 38.0 Å². The van der Waals surface area contributed by atoms with Gasteiger partial charge >= 0.3 is 0 Å². The van der Waals surface area contributed by atoms with E-state index in [2.05, 4.69) is 10.6 Å². The highest BCUT2D eigenvalue weighted by molar-refractivity contribution is 5.73. The number of nitrogens with one attached hydrogen (secondary N) is 2. The zero-order valence-corrected chi connectivity index (χ0v) is 22.6. The summed E-state index contributed by atoms with van der Waals surface area (Å²) in [6.07, 6.45) is -19.6. The number of ether oxygens (including phenoxy) is 6. The summed E-state index contributed by atoms with van der Waals surface area (Å²) >= 11 is 0. The van der Waals surface area contributed by atoms with Crippen LogP contribution in [0.25, 0.3) is 0 Å². The van der Waals surface area contributed by atoms with Crippen molar-refractivity contribution in [1.29, 1.82) is 0 Å². The normalized spacial score (nSPS) is 45.2. The van der Waals surface area contributed by atoms with E-state index in [9.17, 15) is 50.4 Å². The topological polar surface area (TPSA) is 275 Å². The molecule has 0 radical (unpaired) electrons. The molecule has 0 aliphatic carbocycles. The maximum atomic E-state index is 12.0. The van der Waals surface area contributed by atoms with Crippen molar-refractivity contribution in [3.8, 4) is 0 Å². The van der Waals surface area contributed by atoms with Gasteiger partial charge in [0, 0.05) is 21.0 Å². The Morgan fingerprint density at radius 1 is 0.634 bits per heavy atom. The van der Waals surface area contributed by atoms with E-state index in [1.807, 2.05) is 0 Å². The second kappa shape index (κ2) is 14.7. The van der Waals surface area contributed by atoms with Crippen LogP contribution in [0.15, 0.2) is 0 Å². The molecule has 41 heavy (non-hydrogen) atoms. The van der Waals surface area contributed by atoms with Crippen molar-refractivity contribution in [3.63, 3.8) is 0 Å². The molecule has 0 spiro atoms. The summed E-state index contributed by atoms with van der Waals surface area (Å²) in [5.74, 6) is -1.27. The molecule has 0 saturated carbocycles. The molecule has 10 N–H and O–H groups in total. The number of aliphatic hydroxyl groups is 8. The second-order valence-electron chi connectivity index (χ2n) is 10.0. The fourth-order valence-electron chi connectivity index (χ4n) is 5.13. The molecular formula is C23H40N2O16. The lowest BCUT2D eigenvalue weighted by Gasteiger charge is -2.49. The fourth-order valence-corrected chi connectivity index (χ4v) is 5.13. The van der Waals surface area contributed by atoms with Gasteiger partial charge in [0.05, 0.1) is 19.8 Å². The number of aliphatic hydroxyl groups excluding tert-OH is 8. The average Bonchev–Trinajstić information content (AvgIpc) is 2.92. The molecule has 0 aromatic carbocycles. The number of carbonyl (C=O) groups excluding carboxylic acids is 2. The summed E-state index contributed by atoms with van der Waals surface area (Å²) in [5.41, 5.74) is 0. The lowest BCUT2D eigenvalue weighted by molar-refractivity contribution is -0.361. The molecule has 18 heteroatoms. The quantitative estimate of drug-likeness (QED) is 0.112. The minimum atomic E-state index is -1.73. The Balaban J connectivity index is 1.86. The Kier molecular flexibility index (Phi) is 12.2. The summed E-state index contributed by atoms with van der Waals surface area (Å²) in [7, 11) is 1.20. The van der Waals surface area contributed by atoms with Crippen molar-refractivity contribution in [2.24, 2.45) is 0 Å². The smallest absolute Gasteiger partial charge is 0.217 e. The van der Waals surface area contributed by atoms with Crippen LogP contribution in [0.2, 0.25) is 0 Å². The van der Waals surface area contributed by atoms with Crippen LogP contribution >= 0.6 is 0 Å². The lowest BCUT2D eigenvalue weighted by atomic mass is 9.94. The van der Waals surface area contributed by atoms with Gasteiger partial charge in [-0.3, -0.25) is 9.59 Å². The molecule has 238 valence electrons. The van der Waals surface area contributed by atoms with Crippen molar-refractivity contribution >= 4 is 11.8 Å². The Labute approximate surface area is 234 Å². The van der Waals surface area contributed by atoms with Crippen LogP contribution in [0.3, 0.4) is 0 Å².